The fraction of sp³-hybridized carbons (Fsp3) is 0. The Hall–Kier alpha value is -2.46. The van der Waals surface area contributed by atoms with Crippen LogP contribution in [-0.2, 0) is 0 Å². The van der Waals surface area contributed by atoms with Gasteiger partial charge in [0.1, 0.15) is 5.82 Å². The van der Waals surface area contributed by atoms with E-state index in [-0.39, 0.29) is 0 Å². The van der Waals surface area contributed by atoms with Crippen LogP contribution in [0, 0.1) is 0 Å². The standard InChI is InChI=1S/C15H11ClN4/c16-12-5-3-10(4-6-12)13-8-14(17)20-15(19-13)11-2-1-7-18-9-11/h1-9H,(H2,17,19,20). The van der Waals surface area contributed by atoms with E-state index in [9.17, 15) is 0 Å². The minimum absolute atomic E-state index is 0.420. The first-order chi connectivity index (χ1) is 9.72. The van der Waals surface area contributed by atoms with Crippen LogP contribution in [0.1, 0.15) is 0 Å². The summed E-state index contributed by atoms with van der Waals surface area (Å²) in [6, 6.07) is 12.9. The van der Waals surface area contributed by atoms with Crippen LogP contribution in [0.2, 0.25) is 5.02 Å². The third-order valence-corrected chi connectivity index (χ3v) is 3.06. The third kappa shape index (κ3) is 2.60. The molecule has 3 rings (SSSR count). The number of aromatic nitrogens is 3. The van der Waals surface area contributed by atoms with Crippen molar-refractivity contribution in [2.24, 2.45) is 0 Å². The van der Waals surface area contributed by atoms with E-state index in [1.807, 2.05) is 36.4 Å². The number of anilines is 1. The molecule has 1 aromatic carbocycles. The molecule has 0 saturated heterocycles. The molecule has 20 heavy (non-hydrogen) atoms. The van der Waals surface area contributed by atoms with Crippen LogP contribution >= 0.6 is 11.6 Å². The summed E-state index contributed by atoms with van der Waals surface area (Å²) in [5.74, 6) is 0.979. The van der Waals surface area contributed by atoms with Crippen molar-refractivity contribution < 1.29 is 0 Å². The molecule has 98 valence electrons. The van der Waals surface area contributed by atoms with E-state index < -0.39 is 0 Å². The SMILES string of the molecule is Nc1cc(-c2ccc(Cl)cc2)nc(-c2cccnc2)n1. The highest BCUT2D eigenvalue weighted by atomic mass is 35.5. The van der Waals surface area contributed by atoms with Gasteiger partial charge in [0, 0.05) is 34.6 Å². The number of benzene rings is 1. The van der Waals surface area contributed by atoms with Crippen molar-refractivity contribution >= 4 is 17.4 Å². The second kappa shape index (κ2) is 5.27. The van der Waals surface area contributed by atoms with Crippen LogP contribution in [0.3, 0.4) is 0 Å². The lowest BCUT2D eigenvalue weighted by molar-refractivity contribution is 1.17. The number of hydrogen-bond donors (Lipinski definition) is 1. The average molecular weight is 283 g/mol. The minimum Gasteiger partial charge on any atom is -0.384 e. The average Bonchev–Trinajstić information content (AvgIpc) is 2.48. The number of nitrogens with zero attached hydrogens (tertiary/aromatic N) is 3. The molecular formula is C15H11ClN4. The van der Waals surface area contributed by atoms with Gasteiger partial charge in [0.15, 0.2) is 5.82 Å². The Morgan fingerprint density at radius 3 is 2.45 bits per heavy atom. The van der Waals surface area contributed by atoms with Gasteiger partial charge >= 0.3 is 0 Å². The zero-order chi connectivity index (χ0) is 13.9. The molecule has 0 aliphatic carbocycles. The highest BCUT2D eigenvalue weighted by molar-refractivity contribution is 6.30. The van der Waals surface area contributed by atoms with E-state index in [2.05, 4.69) is 15.0 Å². The summed E-state index contributed by atoms with van der Waals surface area (Å²) in [5, 5.41) is 0.684. The normalized spacial score (nSPS) is 10.4. The summed E-state index contributed by atoms with van der Waals surface area (Å²) in [4.78, 5) is 12.8. The maximum atomic E-state index is 5.89. The fourth-order valence-corrected chi connectivity index (χ4v) is 1.98. The van der Waals surface area contributed by atoms with Crippen LogP contribution in [0.15, 0.2) is 54.9 Å². The second-order valence-corrected chi connectivity index (χ2v) is 4.69. The summed E-state index contributed by atoms with van der Waals surface area (Å²) < 4.78 is 0. The second-order valence-electron chi connectivity index (χ2n) is 4.25. The Kier molecular flexibility index (Phi) is 3.31. The van der Waals surface area contributed by atoms with Crippen LogP contribution < -0.4 is 5.73 Å². The molecule has 5 heteroatoms. The fourth-order valence-electron chi connectivity index (χ4n) is 1.86. The molecule has 0 radical (unpaired) electrons. The molecule has 0 atom stereocenters. The lowest BCUT2D eigenvalue weighted by atomic mass is 10.1. The number of rotatable bonds is 2. The van der Waals surface area contributed by atoms with Crippen molar-refractivity contribution in [3.63, 3.8) is 0 Å². The Morgan fingerprint density at radius 2 is 1.75 bits per heavy atom. The Bertz CT molecular complexity index is 727. The molecule has 2 heterocycles. The van der Waals surface area contributed by atoms with Gasteiger partial charge in [-0.15, -0.1) is 0 Å². The van der Waals surface area contributed by atoms with E-state index >= 15 is 0 Å². The molecule has 0 fully saturated rings. The zero-order valence-electron chi connectivity index (χ0n) is 10.5. The first-order valence-corrected chi connectivity index (χ1v) is 6.41. The van der Waals surface area contributed by atoms with Crippen LogP contribution in [0.25, 0.3) is 22.6 Å². The molecule has 0 saturated carbocycles. The van der Waals surface area contributed by atoms with Crippen molar-refractivity contribution in [1.82, 2.24) is 15.0 Å². The van der Waals surface area contributed by atoms with Gasteiger partial charge < -0.3 is 5.73 Å². The van der Waals surface area contributed by atoms with E-state index in [4.69, 9.17) is 17.3 Å². The quantitative estimate of drug-likeness (QED) is 0.782. The largest absolute Gasteiger partial charge is 0.384 e. The van der Waals surface area contributed by atoms with E-state index in [0.717, 1.165) is 16.8 Å². The van der Waals surface area contributed by atoms with Crippen molar-refractivity contribution in [1.29, 1.82) is 0 Å². The van der Waals surface area contributed by atoms with Crippen molar-refractivity contribution in [3.8, 4) is 22.6 Å². The molecule has 0 aliphatic heterocycles. The molecule has 2 aromatic heterocycles. The molecule has 0 bridgehead atoms. The first-order valence-electron chi connectivity index (χ1n) is 6.03. The monoisotopic (exact) mass is 282 g/mol. The molecule has 2 N–H and O–H groups in total. The number of halogens is 1. The zero-order valence-corrected chi connectivity index (χ0v) is 11.2. The maximum Gasteiger partial charge on any atom is 0.163 e. The number of hydrogen-bond acceptors (Lipinski definition) is 4. The van der Waals surface area contributed by atoms with Crippen molar-refractivity contribution in [2.75, 3.05) is 5.73 Å². The lowest BCUT2D eigenvalue weighted by Crippen LogP contribution is -1.98. The first kappa shape index (κ1) is 12.6. The van der Waals surface area contributed by atoms with Gasteiger partial charge in [-0.3, -0.25) is 4.98 Å². The third-order valence-electron chi connectivity index (χ3n) is 2.81. The minimum atomic E-state index is 0.420. The van der Waals surface area contributed by atoms with Gasteiger partial charge in [-0.2, -0.15) is 0 Å². The smallest absolute Gasteiger partial charge is 0.163 e. The summed E-state index contributed by atoms with van der Waals surface area (Å²) >= 11 is 5.89. The summed E-state index contributed by atoms with van der Waals surface area (Å²) in [5.41, 5.74) is 8.39. The van der Waals surface area contributed by atoms with Crippen molar-refractivity contribution in [2.45, 2.75) is 0 Å². The Morgan fingerprint density at radius 1 is 0.950 bits per heavy atom. The van der Waals surface area contributed by atoms with Gasteiger partial charge in [0.2, 0.25) is 0 Å². The topological polar surface area (TPSA) is 64.7 Å². The van der Waals surface area contributed by atoms with Crippen LogP contribution in [-0.4, -0.2) is 15.0 Å². The van der Waals surface area contributed by atoms with Crippen LogP contribution in [0.5, 0.6) is 0 Å². The molecule has 0 amide bonds. The molecule has 0 spiro atoms. The predicted octanol–water partition coefficient (Wildman–Crippen LogP) is 3.44. The molecule has 0 aliphatic rings. The van der Waals surface area contributed by atoms with E-state index in [1.54, 1.807) is 18.5 Å². The lowest BCUT2D eigenvalue weighted by Gasteiger charge is -2.06. The maximum absolute atomic E-state index is 5.89. The van der Waals surface area contributed by atoms with Crippen LogP contribution in [0.4, 0.5) is 5.82 Å². The van der Waals surface area contributed by atoms with Gasteiger partial charge in [0.25, 0.3) is 0 Å². The number of nitrogen functional groups attached to an aromatic ring is 1. The molecule has 0 unspecified atom stereocenters. The Balaban J connectivity index is 2.09. The predicted molar refractivity (Wildman–Crippen MR) is 80.1 cm³/mol. The van der Waals surface area contributed by atoms with E-state index in [0.29, 0.717) is 16.7 Å². The van der Waals surface area contributed by atoms with Gasteiger partial charge in [-0.05, 0) is 24.3 Å². The highest BCUT2D eigenvalue weighted by Gasteiger charge is 2.07. The molecule has 4 nitrogen and oxygen atoms in total. The van der Waals surface area contributed by atoms with Gasteiger partial charge in [-0.25, -0.2) is 9.97 Å². The molecule has 3 aromatic rings. The highest BCUT2D eigenvalue weighted by Crippen LogP contribution is 2.24. The molecular weight excluding hydrogens is 272 g/mol. The Labute approximate surface area is 121 Å². The number of pyridine rings is 1. The summed E-state index contributed by atoms with van der Waals surface area (Å²) in [6.07, 6.45) is 3.41. The number of nitrogens with two attached hydrogens (primary N) is 1. The van der Waals surface area contributed by atoms with Gasteiger partial charge in [-0.1, -0.05) is 23.7 Å². The summed E-state index contributed by atoms with van der Waals surface area (Å²) in [6.45, 7) is 0. The van der Waals surface area contributed by atoms with Crippen molar-refractivity contribution in [3.05, 3.63) is 59.9 Å². The summed E-state index contributed by atoms with van der Waals surface area (Å²) in [7, 11) is 0. The van der Waals surface area contributed by atoms with Gasteiger partial charge in [0.05, 0.1) is 5.69 Å². The van der Waals surface area contributed by atoms with E-state index in [1.165, 1.54) is 0 Å².